The third-order valence-corrected chi connectivity index (χ3v) is 0.264. The highest BCUT2D eigenvalue weighted by molar-refractivity contribution is 5.50. The van der Waals surface area contributed by atoms with Crippen LogP contribution in [0.1, 0.15) is 6.92 Å². The Hall–Kier alpha value is -0.790. The molecule has 0 aliphatic carbocycles. The van der Waals surface area contributed by atoms with E-state index in [-0.39, 0.29) is 0 Å². The van der Waals surface area contributed by atoms with Gasteiger partial charge in [0.25, 0.3) is 0 Å². The highest BCUT2D eigenvalue weighted by Gasteiger charge is 1.72. The Morgan fingerprint density at radius 2 is 2.50 bits per heavy atom. The summed E-state index contributed by atoms with van der Waals surface area (Å²) in [5.41, 5.74) is 0.616. The molecule has 1 amide bonds. The lowest BCUT2D eigenvalue weighted by atomic mass is 10.6. The van der Waals surface area contributed by atoms with E-state index in [0.717, 1.165) is 0 Å². The van der Waals surface area contributed by atoms with Crippen LogP contribution in [0.5, 0.6) is 0 Å². The maximum absolute atomic E-state index is 9.32. The summed E-state index contributed by atoms with van der Waals surface area (Å²) in [5.74, 6) is 0. The average Bonchev–Trinajstić information content (AvgIpc) is 1.35. The van der Waals surface area contributed by atoms with Crippen molar-refractivity contribution in [1.29, 1.82) is 0 Å². The van der Waals surface area contributed by atoms with Crippen LogP contribution >= 0.6 is 0 Å². The van der Waals surface area contributed by atoms with Crippen molar-refractivity contribution in [3.05, 3.63) is 12.3 Å². The van der Waals surface area contributed by atoms with Gasteiger partial charge in [0.05, 0.1) is 0 Å². The van der Waals surface area contributed by atoms with Crippen molar-refractivity contribution in [3.63, 3.8) is 0 Å². The highest BCUT2D eigenvalue weighted by Crippen LogP contribution is 1.69. The molecule has 0 fully saturated rings. The van der Waals surface area contributed by atoms with Crippen molar-refractivity contribution >= 4 is 6.41 Å². The second kappa shape index (κ2) is 2.45. The average molecular weight is 84.1 g/mol. The summed E-state index contributed by atoms with van der Waals surface area (Å²) in [6, 6.07) is 0. The molecule has 0 aromatic carbocycles. The summed E-state index contributed by atoms with van der Waals surface area (Å²) in [6.07, 6.45) is 1.47. The number of hydrogen-bond acceptors (Lipinski definition) is 1. The van der Waals surface area contributed by atoms with Crippen molar-refractivity contribution in [2.24, 2.45) is 0 Å². The van der Waals surface area contributed by atoms with E-state index in [0.29, 0.717) is 5.70 Å². The van der Waals surface area contributed by atoms with Gasteiger partial charge in [0.2, 0.25) is 0 Å². The molecule has 0 aromatic rings. The van der Waals surface area contributed by atoms with Crippen LogP contribution in [0.15, 0.2) is 12.3 Å². The molecule has 0 atom stereocenters. The van der Waals surface area contributed by atoms with Crippen LogP contribution in [0.3, 0.4) is 0 Å². The minimum Gasteiger partial charge on any atom is -0.322 e. The van der Waals surface area contributed by atoms with Crippen molar-refractivity contribution in [2.45, 2.75) is 6.92 Å². The molecule has 6 heavy (non-hydrogen) atoms. The monoisotopic (exact) mass is 84.0 g/mol. The maximum atomic E-state index is 9.32. The standard InChI is InChI=1S/C4H6NO/c1-4(2)5-3-6/h1H2,2H3,(H,5,6). The molecule has 0 aromatic heterocycles. The highest BCUT2D eigenvalue weighted by atomic mass is 16.1. The zero-order chi connectivity index (χ0) is 4.99. The molecule has 33 valence electrons. The molecule has 1 N–H and O–H groups in total. The van der Waals surface area contributed by atoms with Crippen LogP contribution in [0.25, 0.3) is 0 Å². The van der Waals surface area contributed by atoms with Gasteiger partial charge in [0.1, 0.15) is 0 Å². The first-order valence-corrected chi connectivity index (χ1v) is 1.56. The fourth-order valence-corrected chi connectivity index (χ4v) is 0.0871. The van der Waals surface area contributed by atoms with Crippen LogP contribution < -0.4 is 5.32 Å². The van der Waals surface area contributed by atoms with E-state index in [1.165, 1.54) is 6.41 Å². The van der Waals surface area contributed by atoms with E-state index in [1.807, 2.05) is 0 Å². The quantitative estimate of drug-likeness (QED) is 0.475. The lowest BCUT2D eigenvalue weighted by Crippen LogP contribution is -2.04. The maximum Gasteiger partial charge on any atom is 0.313 e. The molecule has 1 radical (unpaired) electrons. The largest absolute Gasteiger partial charge is 0.322 e. The second-order valence-corrected chi connectivity index (χ2v) is 1.01. The first kappa shape index (κ1) is 5.21. The molecule has 0 unspecified atom stereocenters. The van der Waals surface area contributed by atoms with Gasteiger partial charge in [-0.1, -0.05) is 6.58 Å². The van der Waals surface area contributed by atoms with Gasteiger partial charge in [-0.25, -0.2) is 0 Å². The van der Waals surface area contributed by atoms with Gasteiger partial charge in [-0.3, -0.25) is 4.79 Å². The van der Waals surface area contributed by atoms with E-state index in [2.05, 4.69) is 11.9 Å². The number of hydrogen-bond donors (Lipinski definition) is 1. The van der Waals surface area contributed by atoms with E-state index in [1.54, 1.807) is 6.92 Å². The van der Waals surface area contributed by atoms with Crippen molar-refractivity contribution in [1.82, 2.24) is 5.32 Å². The Morgan fingerprint density at radius 1 is 2.00 bits per heavy atom. The van der Waals surface area contributed by atoms with E-state index in [9.17, 15) is 4.79 Å². The lowest BCUT2D eigenvalue weighted by Gasteiger charge is -1.84. The zero-order valence-corrected chi connectivity index (χ0v) is 3.62. The van der Waals surface area contributed by atoms with Crippen LogP contribution in [-0.4, -0.2) is 6.41 Å². The van der Waals surface area contributed by atoms with Crippen LogP contribution in [-0.2, 0) is 4.79 Å². The smallest absolute Gasteiger partial charge is 0.313 e. The molecular weight excluding hydrogens is 78.0 g/mol. The van der Waals surface area contributed by atoms with Gasteiger partial charge in [-0.15, -0.1) is 0 Å². The molecule has 0 saturated heterocycles. The fraction of sp³-hybridized carbons (Fsp3) is 0.250. The molecular formula is C4H6NO. The van der Waals surface area contributed by atoms with Gasteiger partial charge in [0, 0.05) is 5.70 Å². The molecule has 0 heterocycles. The summed E-state index contributed by atoms with van der Waals surface area (Å²) in [7, 11) is 0. The minimum atomic E-state index is 0.616. The van der Waals surface area contributed by atoms with Crippen LogP contribution in [0, 0.1) is 0 Å². The second-order valence-electron chi connectivity index (χ2n) is 1.01. The first-order chi connectivity index (χ1) is 2.77. The molecule has 0 spiro atoms. The third kappa shape index (κ3) is 3.21. The fourth-order valence-electron chi connectivity index (χ4n) is 0.0871. The summed E-state index contributed by atoms with van der Waals surface area (Å²) in [4.78, 5) is 9.32. The number of rotatable bonds is 2. The SMILES string of the molecule is C=C(C)N[C]=O. The Kier molecular flexibility index (Phi) is 2.13. The first-order valence-electron chi connectivity index (χ1n) is 1.56. The van der Waals surface area contributed by atoms with Gasteiger partial charge >= 0.3 is 6.41 Å². The molecule has 0 aliphatic rings. The summed E-state index contributed by atoms with van der Waals surface area (Å²) in [5, 5.41) is 2.21. The summed E-state index contributed by atoms with van der Waals surface area (Å²) < 4.78 is 0. The van der Waals surface area contributed by atoms with E-state index >= 15 is 0 Å². The van der Waals surface area contributed by atoms with Crippen LogP contribution in [0.2, 0.25) is 0 Å². The Morgan fingerprint density at radius 3 is 2.50 bits per heavy atom. The number of allylic oxidation sites excluding steroid dienone is 1. The van der Waals surface area contributed by atoms with E-state index in [4.69, 9.17) is 0 Å². The zero-order valence-electron chi connectivity index (χ0n) is 3.62. The van der Waals surface area contributed by atoms with Gasteiger partial charge in [-0.05, 0) is 6.92 Å². The third-order valence-electron chi connectivity index (χ3n) is 0.264. The molecule has 0 rings (SSSR count). The van der Waals surface area contributed by atoms with Gasteiger partial charge < -0.3 is 5.32 Å². The van der Waals surface area contributed by atoms with Gasteiger partial charge in [-0.2, -0.15) is 0 Å². The summed E-state index contributed by atoms with van der Waals surface area (Å²) >= 11 is 0. The van der Waals surface area contributed by atoms with Crippen molar-refractivity contribution < 1.29 is 4.79 Å². The summed E-state index contributed by atoms with van der Waals surface area (Å²) in [6.45, 7) is 5.06. The normalized spacial score (nSPS) is 6.83. The van der Waals surface area contributed by atoms with Crippen molar-refractivity contribution in [3.8, 4) is 0 Å². The lowest BCUT2D eigenvalue weighted by molar-refractivity contribution is 0.549. The molecule has 0 aliphatic heterocycles. The Bertz CT molecular complexity index is 67.9. The number of carbonyl (C=O) groups excluding carboxylic acids is 1. The topological polar surface area (TPSA) is 29.1 Å². The molecule has 0 saturated carbocycles. The van der Waals surface area contributed by atoms with Gasteiger partial charge in [0.15, 0.2) is 0 Å². The number of nitrogens with one attached hydrogen (secondary N) is 1. The van der Waals surface area contributed by atoms with Crippen LogP contribution in [0.4, 0.5) is 0 Å². The molecule has 2 nitrogen and oxygen atoms in total. The Labute approximate surface area is 36.9 Å². The number of amides is 1. The molecule has 2 heteroatoms. The minimum absolute atomic E-state index is 0.616. The van der Waals surface area contributed by atoms with E-state index < -0.39 is 0 Å². The molecule has 0 bridgehead atoms. The predicted molar refractivity (Wildman–Crippen MR) is 23.6 cm³/mol. The van der Waals surface area contributed by atoms with Crippen molar-refractivity contribution in [2.75, 3.05) is 0 Å². The Balaban J connectivity index is 3.05. The predicted octanol–water partition coefficient (Wildman–Crippen LogP) is 0.177.